The predicted octanol–water partition coefficient (Wildman–Crippen LogP) is 3.78. The van der Waals surface area contributed by atoms with Gasteiger partial charge in [0.15, 0.2) is 0 Å². The smallest absolute Gasteiger partial charge is 0.347 e. The number of hydrogen-bond donors (Lipinski definition) is 1. The zero-order valence-electron chi connectivity index (χ0n) is 13.2. The lowest BCUT2D eigenvalue weighted by Gasteiger charge is -2.23. The Kier molecular flexibility index (Phi) is 5.69. The van der Waals surface area contributed by atoms with Crippen LogP contribution in [0.2, 0.25) is 0 Å². The SMILES string of the molecule is CCN(Cc1ccccc1)CC(C)c1nc(C)c(C(=O)O)s1. The van der Waals surface area contributed by atoms with E-state index in [0.29, 0.717) is 10.6 Å². The summed E-state index contributed by atoms with van der Waals surface area (Å²) in [4.78, 5) is 18.3. The first-order valence-corrected chi connectivity index (χ1v) is 8.29. The zero-order chi connectivity index (χ0) is 16.1. The van der Waals surface area contributed by atoms with E-state index in [-0.39, 0.29) is 5.92 Å². The molecule has 1 N–H and O–H groups in total. The molecule has 0 amide bonds. The number of aromatic carboxylic acids is 1. The first kappa shape index (κ1) is 16.6. The largest absolute Gasteiger partial charge is 0.477 e. The van der Waals surface area contributed by atoms with E-state index in [2.05, 4.69) is 48.0 Å². The molecule has 0 saturated heterocycles. The van der Waals surface area contributed by atoms with E-state index in [1.807, 2.05) is 6.07 Å². The first-order chi connectivity index (χ1) is 10.5. The fourth-order valence-electron chi connectivity index (χ4n) is 2.44. The van der Waals surface area contributed by atoms with E-state index in [4.69, 9.17) is 5.11 Å². The highest BCUT2D eigenvalue weighted by Gasteiger charge is 2.19. The highest BCUT2D eigenvalue weighted by Crippen LogP contribution is 2.26. The normalized spacial score (nSPS) is 12.5. The van der Waals surface area contributed by atoms with Gasteiger partial charge in [0.25, 0.3) is 0 Å². The van der Waals surface area contributed by atoms with E-state index in [9.17, 15) is 4.79 Å². The molecule has 1 heterocycles. The highest BCUT2D eigenvalue weighted by atomic mass is 32.1. The average Bonchev–Trinajstić information content (AvgIpc) is 2.90. The number of rotatable bonds is 7. The molecule has 1 aromatic heterocycles. The number of nitrogens with zero attached hydrogens (tertiary/aromatic N) is 2. The fourth-order valence-corrected chi connectivity index (χ4v) is 3.39. The number of carboxylic acid groups (broad SMARTS) is 1. The van der Waals surface area contributed by atoms with Crippen LogP contribution in [0, 0.1) is 6.92 Å². The fraction of sp³-hybridized carbons (Fsp3) is 0.412. The van der Waals surface area contributed by atoms with Gasteiger partial charge in [0, 0.05) is 19.0 Å². The van der Waals surface area contributed by atoms with E-state index in [0.717, 1.165) is 24.6 Å². The molecule has 0 bridgehead atoms. The summed E-state index contributed by atoms with van der Waals surface area (Å²) in [5, 5.41) is 10.0. The van der Waals surface area contributed by atoms with Gasteiger partial charge in [0.05, 0.1) is 10.7 Å². The number of benzene rings is 1. The van der Waals surface area contributed by atoms with Crippen LogP contribution in [-0.2, 0) is 6.54 Å². The van der Waals surface area contributed by atoms with Crippen molar-refractivity contribution in [3.8, 4) is 0 Å². The number of carboxylic acids is 1. The summed E-state index contributed by atoms with van der Waals surface area (Å²) in [6.45, 7) is 8.74. The maximum atomic E-state index is 11.1. The number of carbonyl (C=O) groups is 1. The van der Waals surface area contributed by atoms with Gasteiger partial charge in [0.2, 0.25) is 0 Å². The minimum absolute atomic E-state index is 0.223. The third-order valence-electron chi connectivity index (χ3n) is 3.66. The average molecular weight is 318 g/mol. The lowest BCUT2D eigenvalue weighted by Crippen LogP contribution is -2.27. The van der Waals surface area contributed by atoms with Crippen LogP contribution in [-0.4, -0.2) is 34.0 Å². The molecule has 2 rings (SSSR count). The van der Waals surface area contributed by atoms with Crippen LogP contribution < -0.4 is 0 Å². The van der Waals surface area contributed by atoms with Crippen LogP contribution in [0.25, 0.3) is 0 Å². The Morgan fingerprint density at radius 3 is 2.59 bits per heavy atom. The van der Waals surface area contributed by atoms with Gasteiger partial charge in [-0.1, -0.05) is 44.2 Å². The van der Waals surface area contributed by atoms with Crippen molar-refractivity contribution in [3.63, 3.8) is 0 Å². The van der Waals surface area contributed by atoms with Crippen LogP contribution in [0.3, 0.4) is 0 Å². The van der Waals surface area contributed by atoms with Gasteiger partial charge in [-0.15, -0.1) is 11.3 Å². The van der Waals surface area contributed by atoms with Gasteiger partial charge < -0.3 is 5.11 Å². The van der Waals surface area contributed by atoms with Crippen molar-refractivity contribution in [1.29, 1.82) is 0 Å². The molecule has 2 aromatic rings. The summed E-state index contributed by atoms with van der Waals surface area (Å²) in [6, 6.07) is 10.4. The van der Waals surface area contributed by atoms with E-state index in [1.54, 1.807) is 6.92 Å². The van der Waals surface area contributed by atoms with Crippen LogP contribution in [0.1, 0.15) is 45.7 Å². The van der Waals surface area contributed by atoms with Crippen LogP contribution in [0.4, 0.5) is 0 Å². The van der Waals surface area contributed by atoms with Crippen molar-refractivity contribution in [3.05, 3.63) is 51.5 Å². The summed E-state index contributed by atoms with van der Waals surface area (Å²) in [7, 11) is 0. The van der Waals surface area contributed by atoms with Crippen molar-refractivity contribution >= 4 is 17.3 Å². The van der Waals surface area contributed by atoms with Crippen LogP contribution in [0.5, 0.6) is 0 Å². The molecular formula is C17H22N2O2S. The summed E-state index contributed by atoms with van der Waals surface area (Å²) in [5.41, 5.74) is 1.91. The van der Waals surface area contributed by atoms with Gasteiger partial charge in [-0.05, 0) is 19.0 Å². The Balaban J connectivity index is 2.04. The second-order valence-corrected chi connectivity index (χ2v) is 6.52. The van der Waals surface area contributed by atoms with Crippen molar-refractivity contribution in [2.45, 2.75) is 33.2 Å². The Labute approximate surface area is 135 Å². The highest BCUT2D eigenvalue weighted by molar-refractivity contribution is 7.13. The lowest BCUT2D eigenvalue weighted by molar-refractivity contribution is 0.0701. The molecule has 0 spiro atoms. The molecule has 5 heteroatoms. The molecule has 0 aliphatic carbocycles. The summed E-state index contributed by atoms with van der Waals surface area (Å²) < 4.78 is 0. The molecule has 22 heavy (non-hydrogen) atoms. The predicted molar refractivity (Wildman–Crippen MR) is 89.6 cm³/mol. The lowest BCUT2D eigenvalue weighted by atomic mass is 10.1. The van der Waals surface area contributed by atoms with Crippen molar-refractivity contribution < 1.29 is 9.90 Å². The van der Waals surface area contributed by atoms with E-state index < -0.39 is 5.97 Å². The molecule has 0 radical (unpaired) electrons. The molecule has 0 saturated carbocycles. The van der Waals surface area contributed by atoms with Gasteiger partial charge >= 0.3 is 5.97 Å². The number of hydrogen-bond acceptors (Lipinski definition) is 4. The molecule has 118 valence electrons. The monoisotopic (exact) mass is 318 g/mol. The van der Waals surface area contributed by atoms with Gasteiger partial charge in [0.1, 0.15) is 4.88 Å². The third kappa shape index (κ3) is 4.15. The summed E-state index contributed by atoms with van der Waals surface area (Å²) in [5.74, 6) is -0.662. The molecule has 0 aliphatic heterocycles. The third-order valence-corrected chi connectivity index (χ3v) is 5.03. The first-order valence-electron chi connectivity index (χ1n) is 7.48. The number of aryl methyl sites for hydroxylation is 1. The molecule has 4 nitrogen and oxygen atoms in total. The van der Waals surface area contributed by atoms with Crippen molar-refractivity contribution in [1.82, 2.24) is 9.88 Å². The minimum atomic E-state index is -0.884. The van der Waals surface area contributed by atoms with Gasteiger partial charge in [-0.2, -0.15) is 0 Å². The summed E-state index contributed by atoms with van der Waals surface area (Å²) in [6.07, 6.45) is 0. The maximum Gasteiger partial charge on any atom is 0.347 e. The number of thiazole rings is 1. The molecule has 0 fully saturated rings. The second kappa shape index (κ2) is 7.51. The molecule has 1 atom stereocenters. The standard InChI is InChI=1S/C17H22N2O2S/c1-4-19(11-14-8-6-5-7-9-14)10-12(2)16-18-13(3)15(22-16)17(20)21/h5-9,12H,4,10-11H2,1-3H3,(H,20,21). The minimum Gasteiger partial charge on any atom is -0.477 e. The molecule has 1 aromatic carbocycles. The quantitative estimate of drug-likeness (QED) is 0.844. The topological polar surface area (TPSA) is 53.4 Å². The van der Waals surface area contributed by atoms with Gasteiger partial charge in [-0.25, -0.2) is 9.78 Å². The Morgan fingerprint density at radius 1 is 1.36 bits per heavy atom. The Morgan fingerprint density at radius 2 is 2.05 bits per heavy atom. The zero-order valence-corrected chi connectivity index (χ0v) is 14.1. The van der Waals surface area contributed by atoms with Crippen molar-refractivity contribution in [2.75, 3.05) is 13.1 Å². The van der Waals surface area contributed by atoms with E-state index >= 15 is 0 Å². The number of aromatic nitrogens is 1. The maximum absolute atomic E-state index is 11.1. The molecule has 0 aliphatic rings. The van der Waals surface area contributed by atoms with E-state index in [1.165, 1.54) is 16.9 Å². The van der Waals surface area contributed by atoms with Gasteiger partial charge in [-0.3, -0.25) is 4.90 Å². The van der Waals surface area contributed by atoms with Crippen LogP contribution in [0.15, 0.2) is 30.3 Å². The molecule has 1 unspecified atom stereocenters. The van der Waals surface area contributed by atoms with Crippen molar-refractivity contribution in [2.24, 2.45) is 0 Å². The molecular weight excluding hydrogens is 296 g/mol. The Hall–Kier alpha value is -1.72. The second-order valence-electron chi connectivity index (χ2n) is 5.49. The number of likely N-dealkylation sites (N-methyl/N-ethyl adjacent to an activating group) is 1. The van der Waals surface area contributed by atoms with Crippen LogP contribution >= 0.6 is 11.3 Å². The Bertz CT molecular complexity index is 625. The summed E-state index contributed by atoms with van der Waals surface area (Å²) >= 11 is 1.30.